The molecule has 3 aliphatic carbocycles. The summed E-state index contributed by atoms with van der Waals surface area (Å²) < 4.78 is 0. The molecule has 0 aromatic heterocycles. The molecular formula is C12H22N2. The van der Waals surface area contributed by atoms with E-state index in [-0.39, 0.29) is 5.54 Å². The highest BCUT2D eigenvalue weighted by Crippen LogP contribution is 2.56. The van der Waals surface area contributed by atoms with E-state index in [1.807, 2.05) is 0 Å². The third-order valence-electron chi connectivity index (χ3n) is 4.63. The first-order chi connectivity index (χ1) is 6.73. The van der Waals surface area contributed by atoms with Crippen molar-refractivity contribution >= 4 is 0 Å². The zero-order valence-electron chi connectivity index (χ0n) is 9.02. The Kier molecular flexibility index (Phi) is 1.94. The Morgan fingerprint density at radius 3 is 2.43 bits per heavy atom. The lowest BCUT2D eigenvalue weighted by Crippen LogP contribution is -2.38. The van der Waals surface area contributed by atoms with Gasteiger partial charge in [0.05, 0.1) is 0 Å². The second-order valence-electron chi connectivity index (χ2n) is 5.92. The Balaban J connectivity index is 1.47. The molecule has 2 heteroatoms. The average molecular weight is 194 g/mol. The molecule has 3 fully saturated rings. The third-order valence-corrected chi connectivity index (χ3v) is 4.63. The van der Waals surface area contributed by atoms with E-state index in [0.29, 0.717) is 0 Å². The fourth-order valence-electron chi connectivity index (χ4n) is 3.11. The van der Waals surface area contributed by atoms with Crippen LogP contribution in [0.15, 0.2) is 0 Å². The molecule has 0 aromatic carbocycles. The molecule has 0 aromatic rings. The molecule has 1 spiro atoms. The van der Waals surface area contributed by atoms with Crippen molar-refractivity contribution in [2.45, 2.75) is 62.9 Å². The maximum Gasteiger partial charge on any atom is 0.0282 e. The summed E-state index contributed by atoms with van der Waals surface area (Å²) in [5, 5.41) is 3.69. The smallest absolute Gasteiger partial charge is 0.0282 e. The lowest BCUT2D eigenvalue weighted by atomic mass is 9.86. The predicted octanol–water partition coefficient (Wildman–Crippen LogP) is 1.79. The van der Waals surface area contributed by atoms with Crippen LogP contribution in [0.2, 0.25) is 0 Å². The van der Waals surface area contributed by atoms with Gasteiger partial charge in [-0.2, -0.15) is 0 Å². The summed E-state index contributed by atoms with van der Waals surface area (Å²) in [5.74, 6) is 0. The van der Waals surface area contributed by atoms with Crippen molar-refractivity contribution in [2.75, 3.05) is 6.54 Å². The molecule has 3 rings (SSSR count). The first-order valence-electron chi connectivity index (χ1n) is 6.25. The SMILES string of the molecule is NC1(CNC2CC23CCCCC3)CC1. The quantitative estimate of drug-likeness (QED) is 0.719. The van der Waals surface area contributed by atoms with E-state index in [4.69, 9.17) is 5.73 Å². The van der Waals surface area contributed by atoms with Crippen LogP contribution in [0.3, 0.4) is 0 Å². The fraction of sp³-hybridized carbons (Fsp3) is 1.00. The standard InChI is InChI=1S/C12H22N2/c13-12(6-7-12)9-14-10-8-11(10)4-2-1-3-5-11/h10,14H,1-9,13H2. The van der Waals surface area contributed by atoms with Crippen LogP contribution < -0.4 is 11.1 Å². The second-order valence-corrected chi connectivity index (χ2v) is 5.92. The molecule has 0 bridgehead atoms. The zero-order chi connectivity index (χ0) is 9.65. The topological polar surface area (TPSA) is 38.0 Å². The Bertz CT molecular complexity index is 226. The van der Waals surface area contributed by atoms with Crippen LogP contribution in [0.25, 0.3) is 0 Å². The summed E-state index contributed by atoms with van der Waals surface area (Å²) in [6.45, 7) is 1.07. The van der Waals surface area contributed by atoms with E-state index in [1.165, 1.54) is 51.4 Å². The van der Waals surface area contributed by atoms with Gasteiger partial charge >= 0.3 is 0 Å². The van der Waals surface area contributed by atoms with E-state index in [2.05, 4.69) is 5.32 Å². The molecule has 2 nitrogen and oxygen atoms in total. The van der Waals surface area contributed by atoms with E-state index < -0.39 is 0 Å². The van der Waals surface area contributed by atoms with Gasteiger partial charge in [-0.05, 0) is 37.5 Å². The van der Waals surface area contributed by atoms with Gasteiger partial charge in [-0.15, -0.1) is 0 Å². The van der Waals surface area contributed by atoms with Crippen LogP contribution in [0.5, 0.6) is 0 Å². The molecule has 3 aliphatic rings. The van der Waals surface area contributed by atoms with Gasteiger partial charge < -0.3 is 11.1 Å². The molecule has 1 unspecified atom stereocenters. The number of nitrogens with one attached hydrogen (secondary N) is 1. The van der Waals surface area contributed by atoms with Crippen LogP contribution in [0, 0.1) is 5.41 Å². The van der Waals surface area contributed by atoms with E-state index >= 15 is 0 Å². The monoisotopic (exact) mass is 194 g/mol. The first-order valence-corrected chi connectivity index (χ1v) is 6.25. The van der Waals surface area contributed by atoms with E-state index in [9.17, 15) is 0 Å². The summed E-state index contributed by atoms with van der Waals surface area (Å²) in [5.41, 5.74) is 7.00. The van der Waals surface area contributed by atoms with Gasteiger partial charge in [0.25, 0.3) is 0 Å². The minimum absolute atomic E-state index is 0.193. The van der Waals surface area contributed by atoms with Gasteiger partial charge in [-0.25, -0.2) is 0 Å². The molecule has 80 valence electrons. The molecular weight excluding hydrogens is 172 g/mol. The maximum absolute atomic E-state index is 6.08. The Morgan fingerprint density at radius 2 is 1.79 bits per heavy atom. The fourth-order valence-corrected chi connectivity index (χ4v) is 3.11. The van der Waals surface area contributed by atoms with Crippen LogP contribution in [-0.2, 0) is 0 Å². The third kappa shape index (κ3) is 1.59. The highest BCUT2D eigenvalue weighted by atomic mass is 15.0. The van der Waals surface area contributed by atoms with Crippen LogP contribution in [0.4, 0.5) is 0 Å². The molecule has 3 saturated carbocycles. The van der Waals surface area contributed by atoms with Crippen molar-refractivity contribution < 1.29 is 0 Å². The molecule has 0 radical (unpaired) electrons. The van der Waals surface area contributed by atoms with Crippen LogP contribution >= 0.6 is 0 Å². The second kappa shape index (κ2) is 2.96. The molecule has 3 N–H and O–H groups in total. The van der Waals surface area contributed by atoms with Crippen molar-refractivity contribution in [3.05, 3.63) is 0 Å². The van der Waals surface area contributed by atoms with Gasteiger partial charge in [-0.1, -0.05) is 19.3 Å². The molecule has 1 atom stereocenters. The number of hydrogen-bond acceptors (Lipinski definition) is 2. The molecule has 14 heavy (non-hydrogen) atoms. The molecule has 0 amide bonds. The summed E-state index contributed by atoms with van der Waals surface area (Å²) >= 11 is 0. The zero-order valence-corrected chi connectivity index (χ0v) is 9.02. The average Bonchev–Trinajstić information content (AvgIpc) is 3.07. The number of nitrogens with two attached hydrogens (primary N) is 1. The highest BCUT2D eigenvalue weighted by molar-refractivity contribution is 5.11. The van der Waals surface area contributed by atoms with E-state index in [1.54, 1.807) is 0 Å². The van der Waals surface area contributed by atoms with Gasteiger partial charge in [0.15, 0.2) is 0 Å². The summed E-state index contributed by atoms with van der Waals surface area (Å²) in [6.07, 6.45) is 11.3. The van der Waals surface area contributed by atoms with Crippen LogP contribution in [-0.4, -0.2) is 18.1 Å². The highest BCUT2D eigenvalue weighted by Gasteiger charge is 2.54. The molecule has 0 heterocycles. The molecule has 0 aliphatic heterocycles. The maximum atomic E-state index is 6.08. The van der Waals surface area contributed by atoms with Gasteiger partial charge in [0.2, 0.25) is 0 Å². The molecule has 0 saturated heterocycles. The minimum atomic E-state index is 0.193. The van der Waals surface area contributed by atoms with Gasteiger partial charge in [-0.3, -0.25) is 0 Å². The summed E-state index contributed by atoms with van der Waals surface area (Å²) in [7, 11) is 0. The van der Waals surface area contributed by atoms with Crippen molar-refractivity contribution in [1.29, 1.82) is 0 Å². The van der Waals surface area contributed by atoms with Crippen molar-refractivity contribution in [1.82, 2.24) is 5.32 Å². The normalized spacial score (nSPS) is 37.1. The summed E-state index contributed by atoms with van der Waals surface area (Å²) in [6, 6.07) is 0.823. The van der Waals surface area contributed by atoms with Gasteiger partial charge in [0.1, 0.15) is 0 Å². The Labute approximate surface area is 86.6 Å². The number of hydrogen-bond donors (Lipinski definition) is 2. The largest absolute Gasteiger partial charge is 0.324 e. The summed E-state index contributed by atoms with van der Waals surface area (Å²) in [4.78, 5) is 0. The first kappa shape index (κ1) is 9.17. The van der Waals surface area contributed by atoms with Gasteiger partial charge in [0, 0.05) is 18.1 Å². The van der Waals surface area contributed by atoms with E-state index in [0.717, 1.165) is 18.0 Å². The number of rotatable bonds is 3. The lowest BCUT2D eigenvalue weighted by molar-refractivity contribution is 0.311. The lowest BCUT2D eigenvalue weighted by Gasteiger charge is -2.23. The van der Waals surface area contributed by atoms with Crippen molar-refractivity contribution in [2.24, 2.45) is 11.1 Å². The van der Waals surface area contributed by atoms with Crippen molar-refractivity contribution in [3.63, 3.8) is 0 Å². The predicted molar refractivity (Wildman–Crippen MR) is 58.1 cm³/mol. The van der Waals surface area contributed by atoms with Crippen LogP contribution in [0.1, 0.15) is 51.4 Å². The minimum Gasteiger partial charge on any atom is -0.324 e. The van der Waals surface area contributed by atoms with Crippen molar-refractivity contribution in [3.8, 4) is 0 Å². The Hall–Kier alpha value is -0.0800. The Morgan fingerprint density at radius 1 is 1.07 bits per heavy atom.